The molecule has 5 rings (SSSR count). The molecule has 1 N–H and O–H groups in total. The molecule has 12 nitrogen and oxygen atoms in total. The van der Waals surface area contributed by atoms with Crippen molar-refractivity contribution in [2.75, 3.05) is 57.2 Å². The summed E-state index contributed by atoms with van der Waals surface area (Å²) in [6.45, 7) is 11.3. The molecule has 298 valence electrons. The van der Waals surface area contributed by atoms with Gasteiger partial charge < -0.3 is 29.2 Å². The van der Waals surface area contributed by atoms with E-state index in [1.54, 1.807) is 12.0 Å². The number of alkyl carbamates (subject to hydrolysis) is 1. The highest BCUT2D eigenvalue weighted by molar-refractivity contribution is 6.30. The Balaban J connectivity index is 1.26. The number of hydrogen-bond acceptors (Lipinski definition) is 10. The second-order valence-electron chi connectivity index (χ2n) is 15.7. The smallest absolute Gasteiger partial charge is 0.407 e. The van der Waals surface area contributed by atoms with Gasteiger partial charge in [-0.3, -0.25) is 19.4 Å². The first-order chi connectivity index (χ1) is 26.1. The van der Waals surface area contributed by atoms with Gasteiger partial charge in [0.1, 0.15) is 11.4 Å². The van der Waals surface area contributed by atoms with E-state index in [9.17, 15) is 14.4 Å². The molecule has 2 amide bonds. The van der Waals surface area contributed by atoms with Gasteiger partial charge in [0.15, 0.2) is 11.5 Å². The number of anilines is 2. The lowest BCUT2D eigenvalue weighted by Crippen LogP contribution is -2.46. The molecule has 3 aromatic rings. The van der Waals surface area contributed by atoms with Gasteiger partial charge in [0.05, 0.1) is 51.2 Å². The second-order valence-corrected chi connectivity index (χ2v) is 16.1. The minimum atomic E-state index is -0.580. The first-order valence-electron chi connectivity index (χ1n) is 19.1. The van der Waals surface area contributed by atoms with Crippen LogP contribution in [-0.4, -0.2) is 93.0 Å². The summed E-state index contributed by atoms with van der Waals surface area (Å²) in [4.78, 5) is 49.4. The summed E-state index contributed by atoms with van der Waals surface area (Å²) in [6.07, 6.45) is 5.34. The molecule has 2 heterocycles. The van der Waals surface area contributed by atoms with Crippen molar-refractivity contribution in [3.05, 3.63) is 76.4 Å². The van der Waals surface area contributed by atoms with E-state index >= 15 is 0 Å². The van der Waals surface area contributed by atoms with Crippen LogP contribution in [0.25, 0.3) is 0 Å². The number of aromatic nitrogens is 1. The summed E-state index contributed by atoms with van der Waals surface area (Å²) in [5.41, 5.74) is 3.11. The molecule has 0 radical (unpaired) electrons. The molecule has 1 atom stereocenters. The Morgan fingerprint density at radius 1 is 1.02 bits per heavy atom. The number of fused-ring (bicyclic) bond motifs is 1. The number of nitrogens with one attached hydrogen (secondary N) is 1. The molecule has 0 spiro atoms. The number of nitrogens with zero attached hydrogens (tertiary/aromatic N) is 4. The largest absolute Gasteiger partial charge is 0.493 e. The van der Waals surface area contributed by atoms with Gasteiger partial charge in [-0.05, 0) is 119 Å². The van der Waals surface area contributed by atoms with Crippen LogP contribution in [0.15, 0.2) is 54.7 Å². The Kier molecular flexibility index (Phi) is 13.9. The molecule has 1 aliphatic carbocycles. The van der Waals surface area contributed by atoms with Crippen LogP contribution in [0.5, 0.6) is 11.5 Å². The first-order valence-corrected chi connectivity index (χ1v) is 19.4. The third-order valence-electron chi connectivity index (χ3n) is 10.0. The number of hydrogen-bond donors (Lipinski definition) is 1. The van der Waals surface area contributed by atoms with E-state index in [4.69, 9.17) is 35.5 Å². The Bertz CT molecular complexity index is 1770. The minimum Gasteiger partial charge on any atom is -0.493 e. The standard InChI is InChI=1S/C42H56ClN5O7/c1-27(2)54-36-23-34-30(21-35(36)52-7)22-38(49)48(40(34)29-11-13-31(43)14-12-29)37-18-17-33(24-45-37)46(6)25-28-9-15-32(16-10-28)47(26-39(50)53-8)20-19-44-41(51)55-42(3,4)5/h11-14,17-18,21,23-24,27-28,32,40H,9-10,15-16,19-20,22,25-26H2,1-8H3,(H,44,51)/t28?,32?,40-/m0/s1. The fourth-order valence-electron chi connectivity index (χ4n) is 7.46. The third-order valence-corrected chi connectivity index (χ3v) is 10.3. The van der Waals surface area contributed by atoms with Crippen molar-refractivity contribution < 1.29 is 33.3 Å². The van der Waals surface area contributed by atoms with Crippen molar-refractivity contribution in [2.24, 2.45) is 5.92 Å². The monoisotopic (exact) mass is 777 g/mol. The number of carbonyl (C=O) groups is 3. The lowest BCUT2D eigenvalue weighted by Gasteiger charge is -2.38. The summed E-state index contributed by atoms with van der Waals surface area (Å²) in [6, 6.07) is 15.1. The van der Waals surface area contributed by atoms with Gasteiger partial charge in [-0.15, -0.1) is 0 Å². The number of carbonyl (C=O) groups excluding carboxylic acids is 3. The number of pyridine rings is 1. The average molecular weight is 778 g/mol. The van der Waals surface area contributed by atoms with Gasteiger partial charge in [0.2, 0.25) is 5.91 Å². The van der Waals surface area contributed by atoms with E-state index < -0.39 is 17.7 Å². The zero-order chi connectivity index (χ0) is 39.9. The zero-order valence-corrected chi connectivity index (χ0v) is 34.2. The average Bonchev–Trinajstić information content (AvgIpc) is 3.13. The molecule has 1 aromatic heterocycles. The SMILES string of the molecule is COC(=O)CN(CCNC(=O)OC(C)(C)C)C1CCC(CN(C)c2ccc(N3C(=O)Cc4cc(OC)c(OC(C)C)cc4[C@@H]3c3ccc(Cl)cc3)nc2)CC1. The lowest BCUT2D eigenvalue weighted by atomic mass is 9.85. The first kappa shape index (κ1) is 41.6. The molecule has 1 aliphatic heterocycles. The highest BCUT2D eigenvalue weighted by Crippen LogP contribution is 2.43. The molecule has 55 heavy (non-hydrogen) atoms. The van der Waals surface area contributed by atoms with Gasteiger partial charge >= 0.3 is 12.1 Å². The highest BCUT2D eigenvalue weighted by atomic mass is 35.5. The lowest BCUT2D eigenvalue weighted by molar-refractivity contribution is -0.142. The van der Waals surface area contributed by atoms with Crippen LogP contribution >= 0.6 is 11.6 Å². The fourth-order valence-corrected chi connectivity index (χ4v) is 7.59. The molecule has 2 aromatic carbocycles. The van der Waals surface area contributed by atoms with E-state index in [1.807, 2.05) is 89.3 Å². The van der Waals surface area contributed by atoms with Gasteiger partial charge in [0.25, 0.3) is 0 Å². The van der Waals surface area contributed by atoms with Crippen LogP contribution in [0, 0.1) is 5.92 Å². The molecular formula is C42H56ClN5O7. The van der Waals surface area contributed by atoms with E-state index in [0.717, 1.165) is 54.6 Å². The van der Waals surface area contributed by atoms with E-state index in [0.29, 0.717) is 41.3 Å². The van der Waals surface area contributed by atoms with Gasteiger partial charge in [-0.25, -0.2) is 9.78 Å². The molecule has 0 saturated heterocycles. The Morgan fingerprint density at radius 2 is 1.73 bits per heavy atom. The van der Waals surface area contributed by atoms with Gasteiger partial charge in [-0.1, -0.05) is 23.7 Å². The number of rotatable bonds is 14. The van der Waals surface area contributed by atoms with Crippen molar-refractivity contribution in [2.45, 2.75) is 90.5 Å². The fraction of sp³-hybridized carbons (Fsp3) is 0.524. The van der Waals surface area contributed by atoms with Gasteiger partial charge in [-0.2, -0.15) is 0 Å². The molecule has 0 bridgehead atoms. The highest BCUT2D eigenvalue weighted by Gasteiger charge is 2.37. The van der Waals surface area contributed by atoms with Crippen LogP contribution in [0.1, 0.15) is 83.0 Å². The normalized spacial score (nSPS) is 18.5. The van der Waals surface area contributed by atoms with Crippen LogP contribution in [0.3, 0.4) is 0 Å². The predicted molar refractivity (Wildman–Crippen MR) is 214 cm³/mol. The minimum absolute atomic E-state index is 0.0652. The van der Waals surface area contributed by atoms with E-state index in [2.05, 4.69) is 22.2 Å². The van der Waals surface area contributed by atoms with Crippen LogP contribution in [-0.2, 0) is 25.5 Å². The Hall–Kier alpha value is -4.55. The molecule has 13 heteroatoms. The van der Waals surface area contributed by atoms with Crippen molar-refractivity contribution in [1.82, 2.24) is 15.2 Å². The second kappa shape index (κ2) is 18.4. The van der Waals surface area contributed by atoms with Gasteiger partial charge in [0, 0.05) is 37.7 Å². The summed E-state index contributed by atoms with van der Waals surface area (Å²) in [5.74, 6) is 1.86. The number of benzene rings is 2. The van der Waals surface area contributed by atoms with Crippen molar-refractivity contribution >= 4 is 41.1 Å². The van der Waals surface area contributed by atoms with Crippen molar-refractivity contribution in [1.29, 1.82) is 0 Å². The third kappa shape index (κ3) is 11.0. The maximum Gasteiger partial charge on any atom is 0.407 e. The number of amides is 2. The summed E-state index contributed by atoms with van der Waals surface area (Å²) in [5, 5.41) is 3.42. The molecular weight excluding hydrogens is 722 g/mol. The zero-order valence-electron chi connectivity index (χ0n) is 33.4. The molecule has 2 aliphatic rings. The predicted octanol–water partition coefficient (Wildman–Crippen LogP) is 7.20. The quantitative estimate of drug-likeness (QED) is 0.168. The maximum absolute atomic E-state index is 14.0. The van der Waals surface area contributed by atoms with Crippen LogP contribution < -0.4 is 24.6 Å². The molecule has 1 fully saturated rings. The maximum atomic E-state index is 14.0. The van der Waals surface area contributed by atoms with Crippen molar-refractivity contribution in [3.63, 3.8) is 0 Å². The Labute approximate surface area is 330 Å². The van der Waals surface area contributed by atoms with E-state index in [-0.39, 0.29) is 37.0 Å². The molecule has 0 unspecified atom stereocenters. The summed E-state index contributed by atoms with van der Waals surface area (Å²) in [7, 11) is 5.07. The van der Waals surface area contributed by atoms with Crippen molar-refractivity contribution in [3.8, 4) is 11.5 Å². The number of methoxy groups -OCH3 is 2. The number of ether oxygens (including phenoxy) is 4. The van der Waals surface area contributed by atoms with Crippen LogP contribution in [0.2, 0.25) is 5.02 Å². The summed E-state index contributed by atoms with van der Waals surface area (Å²) < 4.78 is 22.1. The number of esters is 1. The van der Waals surface area contributed by atoms with E-state index in [1.165, 1.54) is 7.11 Å². The Morgan fingerprint density at radius 3 is 2.33 bits per heavy atom. The topological polar surface area (TPSA) is 123 Å². The summed E-state index contributed by atoms with van der Waals surface area (Å²) >= 11 is 6.29. The van der Waals surface area contributed by atoms with Crippen LogP contribution in [0.4, 0.5) is 16.3 Å². The molecule has 1 saturated carbocycles. The number of halogens is 1.